The minimum atomic E-state index is -0.182. The van der Waals surface area contributed by atoms with Gasteiger partial charge in [0, 0.05) is 17.7 Å². The van der Waals surface area contributed by atoms with Crippen LogP contribution < -0.4 is 5.32 Å². The van der Waals surface area contributed by atoms with Gasteiger partial charge in [-0.15, -0.1) is 0 Å². The zero-order chi connectivity index (χ0) is 11.5. The van der Waals surface area contributed by atoms with Gasteiger partial charge >= 0.3 is 0 Å². The van der Waals surface area contributed by atoms with Crippen molar-refractivity contribution >= 4 is 21.8 Å². The van der Waals surface area contributed by atoms with Crippen LogP contribution in [0.25, 0.3) is 0 Å². The molecule has 0 radical (unpaired) electrons. The van der Waals surface area contributed by atoms with Crippen LogP contribution in [0.2, 0.25) is 0 Å². The lowest BCUT2D eigenvalue weighted by Crippen LogP contribution is -2.25. The zero-order valence-corrected chi connectivity index (χ0v) is 10.1. The third kappa shape index (κ3) is 2.30. The Balaban J connectivity index is 2.01. The SMILES string of the molecule is Cn1cc(Br)cc1C(=O)NCc1ncon1. The third-order valence-electron chi connectivity index (χ3n) is 2.02. The third-order valence-corrected chi connectivity index (χ3v) is 2.45. The standard InChI is InChI=1S/C9H9BrN4O2/c1-14-4-6(10)2-7(14)9(15)11-3-8-12-5-16-13-8/h2,4-5H,3H2,1H3,(H,11,15). The van der Waals surface area contributed by atoms with Crippen LogP contribution in [0, 0.1) is 0 Å². The average Bonchev–Trinajstić information content (AvgIpc) is 2.84. The normalized spacial score (nSPS) is 10.4. The van der Waals surface area contributed by atoms with E-state index in [9.17, 15) is 4.79 Å². The topological polar surface area (TPSA) is 73.0 Å². The smallest absolute Gasteiger partial charge is 0.268 e. The summed E-state index contributed by atoms with van der Waals surface area (Å²) in [5, 5.41) is 6.28. The van der Waals surface area contributed by atoms with Crippen LogP contribution in [0.3, 0.4) is 0 Å². The number of aryl methyl sites for hydroxylation is 1. The maximum atomic E-state index is 11.7. The number of carbonyl (C=O) groups excluding carboxylic acids is 1. The van der Waals surface area contributed by atoms with Gasteiger partial charge in [0.05, 0.1) is 6.54 Å². The number of carbonyl (C=O) groups is 1. The molecule has 2 aromatic rings. The first-order chi connectivity index (χ1) is 7.66. The summed E-state index contributed by atoms with van der Waals surface area (Å²) < 4.78 is 7.15. The van der Waals surface area contributed by atoms with Crippen LogP contribution in [-0.2, 0) is 13.6 Å². The van der Waals surface area contributed by atoms with Gasteiger partial charge in [0.25, 0.3) is 5.91 Å². The van der Waals surface area contributed by atoms with Gasteiger partial charge in [-0.1, -0.05) is 5.16 Å². The average molecular weight is 285 g/mol. The lowest BCUT2D eigenvalue weighted by atomic mass is 10.4. The summed E-state index contributed by atoms with van der Waals surface area (Å²) in [6.45, 7) is 0.248. The molecule has 84 valence electrons. The number of hydrogen-bond donors (Lipinski definition) is 1. The Labute approximate surface area is 99.8 Å². The first kappa shape index (κ1) is 10.9. The van der Waals surface area contributed by atoms with Crippen molar-refractivity contribution in [3.63, 3.8) is 0 Å². The fraction of sp³-hybridized carbons (Fsp3) is 0.222. The Morgan fingerprint density at radius 1 is 1.69 bits per heavy atom. The number of rotatable bonds is 3. The summed E-state index contributed by atoms with van der Waals surface area (Å²) >= 11 is 3.30. The highest BCUT2D eigenvalue weighted by atomic mass is 79.9. The highest BCUT2D eigenvalue weighted by Crippen LogP contribution is 2.13. The molecule has 2 rings (SSSR count). The van der Waals surface area contributed by atoms with Crippen molar-refractivity contribution in [1.82, 2.24) is 20.0 Å². The Bertz CT molecular complexity index is 492. The largest absolute Gasteiger partial charge is 0.345 e. The highest BCUT2D eigenvalue weighted by Gasteiger charge is 2.11. The van der Waals surface area contributed by atoms with Gasteiger partial charge in [-0.2, -0.15) is 4.98 Å². The molecule has 0 aliphatic carbocycles. The Hall–Kier alpha value is -1.63. The molecule has 0 atom stereocenters. The molecule has 6 nitrogen and oxygen atoms in total. The monoisotopic (exact) mass is 284 g/mol. The Morgan fingerprint density at radius 3 is 3.06 bits per heavy atom. The molecule has 0 saturated carbocycles. The second kappa shape index (κ2) is 4.48. The molecule has 0 saturated heterocycles. The second-order valence-electron chi connectivity index (χ2n) is 3.18. The molecule has 1 N–H and O–H groups in total. The van der Waals surface area contributed by atoms with Crippen molar-refractivity contribution in [2.24, 2.45) is 7.05 Å². The Kier molecular flexibility index (Phi) is 3.04. The van der Waals surface area contributed by atoms with Crippen molar-refractivity contribution < 1.29 is 9.32 Å². The summed E-state index contributed by atoms with van der Waals surface area (Å²) in [4.78, 5) is 15.5. The highest BCUT2D eigenvalue weighted by molar-refractivity contribution is 9.10. The summed E-state index contributed by atoms with van der Waals surface area (Å²) in [7, 11) is 1.80. The fourth-order valence-corrected chi connectivity index (χ4v) is 1.79. The molecule has 2 heterocycles. The number of hydrogen-bond acceptors (Lipinski definition) is 4. The van der Waals surface area contributed by atoms with E-state index in [1.165, 1.54) is 6.39 Å². The molecule has 2 aromatic heterocycles. The summed E-state index contributed by atoms with van der Waals surface area (Å²) in [5.74, 6) is 0.264. The van der Waals surface area contributed by atoms with Gasteiger partial charge in [0.1, 0.15) is 5.69 Å². The predicted molar refractivity (Wildman–Crippen MR) is 58.6 cm³/mol. The molecule has 1 amide bonds. The second-order valence-corrected chi connectivity index (χ2v) is 4.10. The molecule has 0 aliphatic heterocycles. The van der Waals surface area contributed by atoms with E-state index in [4.69, 9.17) is 0 Å². The molecular formula is C9H9BrN4O2. The molecule has 0 spiro atoms. The van der Waals surface area contributed by atoms with E-state index in [1.54, 1.807) is 17.7 Å². The van der Waals surface area contributed by atoms with Gasteiger partial charge in [-0.3, -0.25) is 4.79 Å². The van der Waals surface area contributed by atoms with E-state index in [0.717, 1.165) is 4.47 Å². The van der Waals surface area contributed by atoms with Gasteiger partial charge in [0.2, 0.25) is 6.39 Å². The van der Waals surface area contributed by atoms with Crippen molar-refractivity contribution in [3.8, 4) is 0 Å². The van der Waals surface area contributed by atoms with Crippen LogP contribution in [0.1, 0.15) is 16.3 Å². The van der Waals surface area contributed by atoms with Gasteiger partial charge in [-0.25, -0.2) is 0 Å². The van der Waals surface area contributed by atoms with Crippen molar-refractivity contribution in [1.29, 1.82) is 0 Å². The van der Waals surface area contributed by atoms with Crippen molar-refractivity contribution in [2.75, 3.05) is 0 Å². The molecule has 16 heavy (non-hydrogen) atoms. The summed E-state index contributed by atoms with van der Waals surface area (Å²) in [5.41, 5.74) is 0.565. The van der Waals surface area contributed by atoms with Crippen LogP contribution in [0.5, 0.6) is 0 Å². The lowest BCUT2D eigenvalue weighted by Gasteiger charge is -2.02. The van der Waals surface area contributed by atoms with E-state index in [0.29, 0.717) is 11.5 Å². The van der Waals surface area contributed by atoms with E-state index in [2.05, 4.69) is 35.9 Å². The van der Waals surface area contributed by atoms with Crippen LogP contribution >= 0.6 is 15.9 Å². The van der Waals surface area contributed by atoms with E-state index in [-0.39, 0.29) is 12.5 Å². The number of nitrogens with zero attached hydrogens (tertiary/aromatic N) is 3. The van der Waals surface area contributed by atoms with Crippen LogP contribution in [0.4, 0.5) is 0 Å². The number of aromatic nitrogens is 3. The van der Waals surface area contributed by atoms with Crippen LogP contribution in [-0.4, -0.2) is 20.6 Å². The van der Waals surface area contributed by atoms with Crippen LogP contribution in [0.15, 0.2) is 27.7 Å². The van der Waals surface area contributed by atoms with Gasteiger partial charge < -0.3 is 14.4 Å². The maximum absolute atomic E-state index is 11.7. The molecular weight excluding hydrogens is 276 g/mol. The van der Waals surface area contributed by atoms with E-state index < -0.39 is 0 Å². The molecule has 0 unspecified atom stereocenters. The van der Waals surface area contributed by atoms with Gasteiger partial charge in [0.15, 0.2) is 5.82 Å². The first-order valence-corrected chi connectivity index (χ1v) is 5.31. The van der Waals surface area contributed by atoms with Crippen molar-refractivity contribution in [3.05, 3.63) is 34.6 Å². The summed E-state index contributed by atoms with van der Waals surface area (Å²) in [6, 6.07) is 1.74. The lowest BCUT2D eigenvalue weighted by molar-refractivity contribution is 0.0941. The molecule has 7 heteroatoms. The van der Waals surface area contributed by atoms with E-state index in [1.807, 2.05) is 6.20 Å². The molecule has 0 aromatic carbocycles. The molecule has 0 aliphatic rings. The minimum Gasteiger partial charge on any atom is -0.345 e. The number of nitrogens with one attached hydrogen (secondary N) is 1. The minimum absolute atomic E-state index is 0.182. The van der Waals surface area contributed by atoms with E-state index >= 15 is 0 Å². The zero-order valence-electron chi connectivity index (χ0n) is 8.48. The fourth-order valence-electron chi connectivity index (χ4n) is 1.27. The molecule has 0 bridgehead atoms. The number of halogens is 1. The van der Waals surface area contributed by atoms with Crippen molar-refractivity contribution in [2.45, 2.75) is 6.54 Å². The maximum Gasteiger partial charge on any atom is 0.268 e. The summed E-state index contributed by atoms with van der Waals surface area (Å²) in [6.07, 6.45) is 3.03. The quantitative estimate of drug-likeness (QED) is 0.916. The van der Waals surface area contributed by atoms with Gasteiger partial charge in [-0.05, 0) is 22.0 Å². The molecule has 0 fully saturated rings. The Morgan fingerprint density at radius 2 is 2.50 bits per heavy atom. The number of amides is 1. The first-order valence-electron chi connectivity index (χ1n) is 4.52. The predicted octanol–water partition coefficient (Wildman–Crippen LogP) is 1.10.